The van der Waals surface area contributed by atoms with Gasteiger partial charge in [0.15, 0.2) is 11.5 Å². The largest absolute Gasteiger partial charge is 0.490 e. The number of aryl methyl sites for hydroxylation is 1. The summed E-state index contributed by atoms with van der Waals surface area (Å²) >= 11 is 2.25. The van der Waals surface area contributed by atoms with Crippen LogP contribution in [0.5, 0.6) is 11.5 Å². The first kappa shape index (κ1) is 22.9. The molecule has 0 aromatic heterocycles. The maximum absolute atomic E-state index is 10.8. The Labute approximate surface area is 195 Å². The Bertz CT molecular complexity index is 1020. The number of anilines is 1. The lowest BCUT2D eigenvalue weighted by molar-refractivity contribution is -0.384. The minimum Gasteiger partial charge on any atom is -0.490 e. The van der Waals surface area contributed by atoms with Gasteiger partial charge in [-0.1, -0.05) is 19.1 Å². The number of hydrogen-bond donors (Lipinski definition) is 1. The number of nitrogens with one attached hydrogen (secondary N) is 1. The summed E-state index contributed by atoms with van der Waals surface area (Å²) in [5.74, 6) is 1.37. The topological polar surface area (TPSA) is 73.6 Å². The van der Waals surface area contributed by atoms with Crippen molar-refractivity contribution < 1.29 is 14.4 Å². The third-order valence-corrected chi connectivity index (χ3v) is 5.56. The Hall–Kier alpha value is -2.81. The van der Waals surface area contributed by atoms with Gasteiger partial charge in [-0.2, -0.15) is 0 Å². The second-order valence-electron chi connectivity index (χ2n) is 6.95. The highest BCUT2D eigenvalue weighted by molar-refractivity contribution is 14.1. The van der Waals surface area contributed by atoms with Crippen molar-refractivity contribution in [1.29, 1.82) is 0 Å². The Balaban J connectivity index is 1.70. The number of nitrogens with zero attached hydrogens (tertiary/aromatic N) is 1. The smallest absolute Gasteiger partial charge is 0.269 e. The first-order valence-corrected chi connectivity index (χ1v) is 11.2. The normalized spacial score (nSPS) is 10.5. The van der Waals surface area contributed by atoms with Crippen LogP contribution in [0.1, 0.15) is 30.5 Å². The van der Waals surface area contributed by atoms with E-state index in [1.807, 2.05) is 13.0 Å². The lowest BCUT2D eigenvalue weighted by Crippen LogP contribution is -2.05. The number of non-ortho nitro benzene ring substituents is 1. The van der Waals surface area contributed by atoms with Gasteiger partial charge in [-0.05, 0) is 89.0 Å². The lowest BCUT2D eigenvalue weighted by Gasteiger charge is -2.16. The van der Waals surface area contributed by atoms with Crippen molar-refractivity contribution in [3.63, 3.8) is 0 Å². The van der Waals surface area contributed by atoms with Gasteiger partial charge in [0, 0.05) is 24.4 Å². The van der Waals surface area contributed by atoms with Gasteiger partial charge in [0.25, 0.3) is 5.69 Å². The molecule has 0 radical (unpaired) electrons. The van der Waals surface area contributed by atoms with Crippen LogP contribution in [0.4, 0.5) is 11.4 Å². The summed E-state index contributed by atoms with van der Waals surface area (Å²) in [5.41, 5.74) is 4.40. The molecule has 162 valence electrons. The fourth-order valence-electron chi connectivity index (χ4n) is 3.06. The second-order valence-corrected chi connectivity index (χ2v) is 8.12. The lowest BCUT2D eigenvalue weighted by atomic mass is 10.1. The molecule has 0 aliphatic rings. The molecule has 0 spiro atoms. The van der Waals surface area contributed by atoms with Crippen molar-refractivity contribution in [3.05, 3.63) is 91.0 Å². The summed E-state index contributed by atoms with van der Waals surface area (Å²) in [6.07, 6.45) is 1.03. The minimum atomic E-state index is -0.411. The van der Waals surface area contributed by atoms with E-state index in [4.69, 9.17) is 9.47 Å². The number of halogens is 1. The third kappa shape index (κ3) is 6.33. The number of hydrogen-bond acceptors (Lipinski definition) is 5. The van der Waals surface area contributed by atoms with Crippen molar-refractivity contribution in [1.82, 2.24) is 0 Å². The molecule has 0 unspecified atom stereocenters. The molecule has 0 bridgehead atoms. The van der Waals surface area contributed by atoms with Crippen LogP contribution in [0.25, 0.3) is 0 Å². The average Bonchev–Trinajstić information content (AvgIpc) is 2.78. The van der Waals surface area contributed by atoms with Crippen molar-refractivity contribution in [2.45, 2.75) is 33.4 Å². The molecule has 3 aromatic rings. The quantitative estimate of drug-likeness (QED) is 0.187. The van der Waals surface area contributed by atoms with Crippen LogP contribution < -0.4 is 14.8 Å². The molecule has 0 saturated carbocycles. The fraction of sp³-hybridized carbons (Fsp3) is 0.250. The number of ether oxygens (including phenoxy) is 2. The van der Waals surface area contributed by atoms with E-state index in [2.05, 4.69) is 65.2 Å². The van der Waals surface area contributed by atoms with Crippen molar-refractivity contribution in [2.75, 3.05) is 11.9 Å². The molecule has 3 rings (SSSR count). The minimum absolute atomic E-state index is 0.0644. The zero-order valence-corrected chi connectivity index (χ0v) is 19.7. The van der Waals surface area contributed by atoms with Crippen LogP contribution in [-0.2, 0) is 19.6 Å². The predicted octanol–water partition coefficient (Wildman–Crippen LogP) is 6.35. The van der Waals surface area contributed by atoms with Crippen LogP contribution in [0, 0.1) is 13.7 Å². The van der Waals surface area contributed by atoms with Crippen molar-refractivity contribution in [3.8, 4) is 11.5 Å². The maximum atomic E-state index is 10.8. The summed E-state index contributed by atoms with van der Waals surface area (Å²) in [7, 11) is 0. The van der Waals surface area contributed by atoms with E-state index in [1.165, 1.54) is 17.7 Å². The van der Waals surface area contributed by atoms with Gasteiger partial charge in [-0.25, -0.2) is 0 Å². The summed E-state index contributed by atoms with van der Waals surface area (Å²) in [4.78, 5) is 10.4. The zero-order valence-electron chi connectivity index (χ0n) is 17.6. The van der Waals surface area contributed by atoms with Crippen molar-refractivity contribution >= 4 is 34.0 Å². The molecule has 3 aromatic carbocycles. The molecular weight excluding hydrogens is 507 g/mol. The number of rotatable bonds is 10. The summed E-state index contributed by atoms with van der Waals surface area (Å²) in [6, 6.07) is 18.9. The summed E-state index contributed by atoms with van der Waals surface area (Å²) < 4.78 is 12.8. The van der Waals surface area contributed by atoms with Crippen LogP contribution in [0.2, 0.25) is 0 Å². The van der Waals surface area contributed by atoms with Gasteiger partial charge < -0.3 is 14.8 Å². The van der Waals surface area contributed by atoms with Gasteiger partial charge in [-0.3, -0.25) is 10.1 Å². The Morgan fingerprint density at radius 3 is 2.23 bits per heavy atom. The van der Waals surface area contributed by atoms with Crippen LogP contribution >= 0.6 is 22.6 Å². The number of nitro groups is 1. The Morgan fingerprint density at radius 2 is 1.61 bits per heavy atom. The van der Waals surface area contributed by atoms with E-state index in [-0.39, 0.29) is 5.69 Å². The van der Waals surface area contributed by atoms with E-state index in [1.54, 1.807) is 12.1 Å². The molecule has 0 amide bonds. The van der Waals surface area contributed by atoms with E-state index in [0.29, 0.717) is 31.3 Å². The van der Waals surface area contributed by atoms with E-state index in [0.717, 1.165) is 26.8 Å². The molecule has 0 saturated heterocycles. The molecule has 7 heteroatoms. The van der Waals surface area contributed by atoms with Gasteiger partial charge >= 0.3 is 0 Å². The molecule has 1 N–H and O–H groups in total. The molecule has 0 aliphatic heterocycles. The molecule has 31 heavy (non-hydrogen) atoms. The second kappa shape index (κ2) is 11.0. The monoisotopic (exact) mass is 532 g/mol. The highest BCUT2D eigenvalue weighted by Crippen LogP contribution is 2.35. The Kier molecular flexibility index (Phi) is 8.11. The molecular formula is C24H25IN2O4. The van der Waals surface area contributed by atoms with Gasteiger partial charge in [-0.15, -0.1) is 0 Å². The molecule has 0 heterocycles. The summed E-state index contributed by atoms with van der Waals surface area (Å²) in [6.45, 7) is 5.58. The van der Waals surface area contributed by atoms with Crippen LogP contribution in [0.15, 0.2) is 60.7 Å². The third-order valence-electron chi connectivity index (χ3n) is 4.76. The standard InChI is InChI=1S/C24H25IN2O4/c1-3-17-5-9-20(10-6-17)26-15-19-13-22(25)24(23(14-19)30-4-2)31-16-18-7-11-21(12-8-18)27(28)29/h5-14,26H,3-4,15-16H2,1-2H3. The van der Waals surface area contributed by atoms with Gasteiger partial charge in [0.05, 0.1) is 15.1 Å². The molecule has 0 atom stereocenters. The first-order chi connectivity index (χ1) is 15.0. The summed E-state index contributed by atoms with van der Waals surface area (Å²) in [5, 5.41) is 14.3. The predicted molar refractivity (Wildman–Crippen MR) is 131 cm³/mol. The van der Waals surface area contributed by atoms with Crippen LogP contribution in [-0.4, -0.2) is 11.5 Å². The highest BCUT2D eigenvalue weighted by atomic mass is 127. The molecule has 6 nitrogen and oxygen atoms in total. The van der Waals surface area contributed by atoms with Gasteiger partial charge in [0.1, 0.15) is 6.61 Å². The molecule has 0 aliphatic carbocycles. The first-order valence-electron chi connectivity index (χ1n) is 10.1. The average molecular weight is 532 g/mol. The van der Waals surface area contributed by atoms with E-state index in [9.17, 15) is 10.1 Å². The Morgan fingerprint density at radius 1 is 0.935 bits per heavy atom. The van der Waals surface area contributed by atoms with Gasteiger partial charge in [0.2, 0.25) is 0 Å². The zero-order chi connectivity index (χ0) is 22.2. The van der Waals surface area contributed by atoms with E-state index < -0.39 is 4.92 Å². The molecule has 0 fully saturated rings. The van der Waals surface area contributed by atoms with Crippen molar-refractivity contribution in [2.24, 2.45) is 0 Å². The number of nitro benzene ring substituents is 1. The SMILES string of the molecule is CCOc1cc(CNc2ccc(CC)cc2)cc(I)c1OCc1ccc([N+](=O)[O-])cc1. The number of benzene rings is 3. The highest BCUT2D eigenvalue weighted by Gasteiger charge is 2.13. The van der Waals surface area contributed by atoms with E-state index >= 15 is 0 Å². The maximum Gasteiger partial charge on any atom is 0.269 e. The fourth-order valence-corrected chi connectivity index (χ4v) is 3.88. The van der Waals surface area contributed by atoms with Crippen LogP contribution in [0.3, 0.4) is 0 Å².